The molecule has 1 aliphatic heterocycles. The molecule has 1 heterocycles. The first kappa shape index (κ1) is 18.0. The molecule has 0 aromatic heterocycles. The van der Waals surface area contributed by atoms with Crippen LogP contribution in [0.25, 0.3) is 0 Å². The molecule has 3 N–H and O–H groups in total. The van der Waals surface area contributed by atoms with Gasteiger partial charge in [0.25, 0.3) is 0 Å². The van der Waals surface area contributed by atoms with Gasteiger partial charge in [-0.05, 0) is 50.7 Å². The molecule has 2 fully saturated rings. The molecular weight excluding hydrogens is 320 g/mol. The van der Waals surface area contributed by atoms with E-state index in [9.17, 15) is 4.79 Å². The standard InChI is InChI=1S/C19H28N2O4/c1-23-15-7-6-13(18(10-15)24-14-4-2-3-5-14)12-21-19(22)17-9-8-16(11-20)25-17/h6-7,10,14,16-17H,2-5,8-9,11-12,20H2,1H3,(H,21,22)/t16-,17+/m1/s1. The summed E-state index contributed by atoms with van der Waals surface area (Å²) in [6.45, 7) is 0.875. The maximum atomic E-state index is 12.3. The fourth-order valence-electron chi connectivity index (χ4n) is 3.47. The Balaban J connectivity index is 1.61. The van der Waals surface area contributed by atoms with Crippen LogP contribution in [0.2, 0.25) is 0 Å². The Hall–Kier alpha value is -1.79. The minimum absolute atomic E-state index is 0.00185. The van der Waals surface area contributed by atoms with Crippen LogP contribution in [-0.2, 0) is 16.1 Å². The van der Waals surface area contributed by atoms with Gasteiger partial charge in [0.05, 0.1) is 19.3 Å². The largest absolute Gasteiger partial charge is 0.497 e. The third-order valence-corrected chi connectivity index (χ3v) is 4.99. The fraction of sp³-hybridized carbons (Fsp3) is 0.632. The van der Waals surface area contributed by atoms with Crippen molar-refractivity contribution in [3.63, 3.8) is 0 Å². The van der Waals surface area contributed by atoms with E-state index in [1.165, 1.54) is 12.8 Å². The summed E-state index contributed by atoms with van der Waals surface area (Å²) in [5.74, 6) is 1.46. The van der Waals surface area contributed by atoms with Gasteiger partial charge in [-0.3, -0.25) is 4.79 Å². The van der Waals surface area contributed by atoms with Crippen LogP contribution in [-0.4, -0.2) is 37.9 Å². The molecule has 6 nitrogen and oxygen atoms in total. The van der Waals surface area contributed by atoms with Gasteiger partial charge in [0.2, 0.25) is 5.91 Å². The third-order valence-electron chi connectivity index (χ3n) is 4.99. The molecule has 2 atom stereocenters. The number of benzene rings is 1. The minimum atomic E-state index is -0.397. The lowest BCUT2D eigenvalue weighted by molar-refractivity contribution is -0.132. The van der Waals surface area contributed by atoms with Gasteiger partial charge in [-0.1, -0.05) is 0 Å². The monoisotopic (exact) mass is 348 g/mol. The highest BCUT2D eigenvalue weighted by atomic mass is 16.5. The number of rotatable bonds is 7. The van der Waals surface area contributed by atoms with Crippen LogP contribution in [0.3, 0.4) is 0 Å². The predicted molar refractivity (Wildman–Crippen MR) is 94.7 cm³/mol. The fourth-order valence-corrected chi connectivity index (χ4v) is 3.47. The third kappa shape index (κ3) is 4.64. The average Bonchev–Trinajstić information content (AvgIpc) is 3.31. The molecule has 1 saturated carbocycles. The molecule has 3 rings (SSSR count). The molecule has 6 heteroatoms. The van der Waals surface area contributed by atoms with Gasteiger partial charge in [0, 0.05) is 24.7 Å². The molecule has 1 amide bonds. The zero-order chi connectivity index (χ0) is 17.6. The van der Waals surface area contributed by atoms with Crippen LogP contribution in [0.5, 0.6) is 11.5 Å². The van der Waals surface area contributed by atoms with Crippen LogP contribution >= 0.6 is 0 Å². The molecule has 25 heavy (non-hydrogen) atoms. The first-order valence-corrected chi connectivity index (χ1v) is 9.16. The number of amides is 1. The van der Waals surface area contributed by atoms with E-state index in [1.807, 2.05) is 18.2 Å². The van der Waals surface area contributed by atoms with E-state index >= 15 is 0 Å². The van der Waals surface area contributed by atoms with Crippen molar-refractivity contribution in [3.8, 4) is 11.5 Å². The Bertz CT molecular complexity index is 587. The molecule has 1 saturated heterocycles. The predicted octanol–water partition coefficient (Wildman–Crippen LogP) is 2.14. The van der Waals surface area contributed by atoms with Gasteiger partial charge in [-0.15, -0.1) is 0 Å². The first-order valence-electron chi connectivity index (χ1n) is 9.16. The smallest absolute Gasteiger partial charge is 0.249 e. The summed E-state index contributed by atoms with van der Waals surface area (Å²) in [7, 11) is 1.64. The molecule has 0 radical (unpaired) electrons. The second-order valence-electron chi connectivity index (χ2n) is 6.78. The number of nitrogens with two attached hydrogens (primary N) is 1. The molecule has 0 spiro atoms. The van der Waals surface area contributed by atoms with Crippen LogP contribution in [0.4, 0.5) is 0 Å². The molecule has 0 bridgehead atoms. The van der Waals surface area contributed by atoms with Gasteiger partial charge < -0.3 is 25.3 Å². The van der Waals surface area contributed by atoms with E-state index in [0.717, 1.165) is 42.7 Å². The van der Waals surface area contributed by atoms with E-state index in [-0.39, 0.29) is 18.1 Å². The summed E-state index contributed by atoms with van der Waals surface area (Å²) < 4.78 is 17.1. The Morgan fingerprint density at radius 3 is 2.76 bits per heavy atom. The highest BCUT2D eigenvalue weighted by molar-refractivity contribution is 5.81. The zero-order valence-electron chi connectivity index (χ0n) is 14.8. The first-order chi connectivity index (χ1) is 12.2. The summed E-state index contributed by atoms with van der Waals surface area (Å²) >= 11 is 0. The lowest BCUT2D eigenvalue weighted by Crippen LogP contribution is -2.35. The van der Waals surface area contributed by atoms with E-state index in [1.54, 1.807) is 7.11 Å². The molecule has 1 aromatic carbocycles. The van der Waals surface area contributed by atoms with Crippen molar-refractivity contribution >= 4 is 5.91 Å². The van der Waals surface area contributed by atoms with E-state index in [4.69, 9.17) is 19.9 Å². The second kappa shape index (κ2) is 8.54. The van der Waals surface area contributed by atoms with Gasteiger partial charge in [0.15, 0.2) is 0 Å². The number of hydrogen-bond acceptors (Lipinski definition) is 5. The molecule has 0 unspecified atom stereocenters. The Labute approximate surface area is 149 Å². The number of carbonyl (C=O) groups is 1. The molecular formula is C19H28N2O4. The van der Waals surface area contributed by atoms with Crippen molar-refractivity contribution in [2.24, 2.45) is 5.73 Å². The molecule has 1 aliphatic carbocycles. The number of methoxy groups -OCH3 is 1. The Kier molecular flexibility index (Phi) is 6.15. The van der Waals surface area contributed by atoms with E-state index in [0.29, 0.717) is 13.1 Å². The van der Waals surface area contributed by atoms with Crippen molar-refractivity contribution < 1.29 is 19.0 Å². The number of nitrogens with one attached hydrogen (secondary N) is 1. The maximum Gasteiger partial charge on any atom is 0.249 e. The van der Waals surface area contributed by atoms with Crippen LogP contribution in [0.1, 0.15) is 44.1 Å². The highest BCUT2D eigenvalue weighted by Crippen LogP contribution is 2.30. The van der Waals surface area contributed by atoms with Crippen molar-refractivity contribution in [2.45, 2.75) is 63.4 Å². The van der Waals surface area contributed by atoms with Gasteiger partial charge in [0.1, 0.15) is 17.6 Å². The van der Waals surface area contributed by atoms with E-state index in [2.05, 4.69) is 5.32 Å². The van der Waals surface area contributed by atoms with Crippen LogP contribution in [0, 0.1) is 0 Å². The van der Waals surface area contributed by atoms with Crippen molar-refractivity contribution in [1.82, 2.24) is 5.32 Å². The zero-order valence-corrected chi connectivity index (χ0v) is 14.8. The summed E-state index contributed by atoms with van der Waals surface area (Å²) in [5, 5.41) is 2.96. The number of hydrogen-bond donors (Lipinski definition) is 2. The molecule has 138 valence electrons. The van der Waals surface area contributed by atoms with Crippen molar-refractivity contribution in [1.29, 1.82) is 0 Å². The highest BCUT2D eigenvalue weighted by Gasteiger charge is 2.29. The van der Waals surface area contributed by atoms with Crippen molar-refractivity contribution in [3.05, 3.63) is 23.8 Å². The van der Waals surface area contributed by atoms with Gasteiger partial charge >= 0.3 is 0 Å². The maximum absolute atomic E-state index is 12.3. The quantitative estimate of drug-likeness (QED) is 0.789. The molecule has 2 aliphatic rings. The lowest BCUT2D eigenvalue weighted by atomic mass is 10.1. The lowest BCUT2D eigenvalue weighted by Gasteiger charge is -2.18. The minimum Gasteiger partial charge on any atom is -0.497 e. The SMILES string of the molecule is COc1ccc(CNC(=O)[C@@H]2CC[C@H](CN)O2)c(OC2CCCC2)c1. The van der Waals surface area contributed by atoms with Gasteiger partial charge in [-0.2, -0.15) is 0 Å². The number of ether oxygens (including phenoxy) is 3. The summed E-state index contributed by atoms with van der Waals surface area (Å²) in [6.07, 6.45) is 6.01. The second-order valence-corrected chi connectivity index (χ2v) is 6.78. The average molecular weight is 348 g/mol. The normalized spacial score (nSPS) is 23.6. The molecule has 1 aromatic rings. The van der Waals surface area contributed by atoms with Crippen LogP contribution in [0.15, 0.2) is 18.2 Å². The summed E-state index contributed by atoms with van der Waals surface area (Å²) in [4.78, 5) is 12.3. The summed E-state index contributed by atoms with van der Waals surface area (Å²) in [6, 6.07) is 5.73. The van der Waals surface area contributed by atoms with Crippen LogP contribution < -0.4 is 20.5 Å². The topological polar surface area (TPSA) is 82.8 Å². The van der Waals surface area contributed by atoms with E-state index < -0.39 is 6.10 Å². The number of carbonyl (C=O) groups excluding carboxylic acids is 1. The Morgan fingerprint density at radius 2 is 2.08 bits per heavy atom. The van der Waals surface area contributed by atoms with Crippen molar-refractivity contribution in [2.75, 3.05) is 13.7 Å². The Morgan fingerprint density at radius 1 is 1.28 bits per heavy atom. The van der Waals surface area contributed by atoms with Gasteiger partial charge in [-0.25, -0.2) is 0 Å². The summed E-state index contributed by atoms with van der Waals surface area (Å²) in [5.41, 5.74) is 6.55.